The lowest BCUT2D eigenvalue weighted by atomic mass is 9.89. The monoisotopic (exact) mass is 294 g/mol. The Morgan fingerprint density at radius 2 is 1.76 bits per heavy atom. The molecule has 0 unspecified atom stereocenters. The Hall–Kier alpha value is -1.36. The van der Waals surface area contributed by atoms with Crippen LogP contribution in [0, 0.1) is 5.41 Å². The van der Waals surface area contributed by atoms with E-state index in [1.807, 2.05) is 0 Å². The van der Waals surface area contributed by atoms with Crippen LogP contribution in [-0.4, -0.2) is 34.8 Å². The molecule has 5 nitrogen and oxygen atoms in total. The van der Waals surface area contributed by atoms with Crippen molar-refractivity contribution in [3.05, 3.63) is 11.9 Å². The summed E-state index contributed by atoms with van der Waals surface area (Å²) in [5, 5.41) is 15.9. The lowest BCUT2D eigenvalue weighted by Crippen LogP contribution is -2.25. The van der Waals surface area contributed by atoms with Crippen LogP contribution < -0.4 is 10.6 Å². The number of nitrogens with one attached hydrogen (secondary N) is 2. The first kappa shape index (κ1) is 17.7. The smallest absolute Gasteiger partial charge is 0.134 e. The standard InChI is InChI=1S/C16H30N4O/c1-5-7-13-14(17-9-6-2)19-12-20-15(13)18-11-16(3,4)8-10-21/h12,21H,5-11H2,1-4H3,(H2,17,18,19,20). The molecule has 0 saturated carbocycles. The van der Waals surface area contributed by atoms with Gasteiger partial charge < -0.3 is 15.7 Å². The Labute approximate surface area is 128 Å². The summed E-state index contributed by atoms with van der Waals surface area (Å²) in [6.07, 6.45) is 5.47. The van der Waals surface area contributed by atoms with E-state index in [9.17, 15) is 0 Å². The van der Waals surface area contributed by atoms with Crippen LogP contribution >= 0.6 is 0 Å². The maximum Gasteiger partial charge on any atom is 0.134 e. The number of rotatable bonds is 10. The average molecular weight is 294 g/mol. The number of nitrogens with zero attached hydrogens (tertiary/aromatic N) is 2. The first-order valence-electron chi connectivity index (χ1n) is 7.96. The van der Waals surface area contributed by atoms with E-state index < -0.39 is 0 Å². The van der Waals surface area contributed by atoms with Gasteiger partial charge in [0.25, 0.3) is 0 Å². The van der Waals surface area contributed by atoms with E-state index in [1.54, 1.807) is 6.33 Å². The van der Waals surface area contributed by atoms with Gasteiger partial charge in [0, 0.05) is 25.3 Å². The van der Waals surface area contributed by atoms with E-state index >= 15 is 0 Å². The third-order valence-corrected chi connectivity index (χ3v) is 3.51. The minimum absolute atomic E-state index is 0.0419. The third-order valence-electron chi connectivity index (χ3n) is 3.51. The molecule has 0 bridgehead atoms. The van der Waals surface area contributed by atoms with Crippen LogP contribution in [0.2, 0.25) is 0 Å². The molecule has 21 heavy (non-hydrogen) atoms. The highest BCUT2D eigenvalue weighted by molar-refractivity contribution is 5.57. The molecule has 1 aromatic rings. The molecule has 1 aromatic heterocycles. The van der Waals surface area contributed by atoms with Gasteiger partial charge in [0.1, 0.15) is 18.0 Å². The minimum Gasteiger partial charge on any atom is -0.396 e. The molecule has 1 heterocycles. The first-order chi connectivity index (χ1) is 10.0. The summed E-state index contributed by atoms with van der Waals surface area (Å²) < 4.78 is 0. The lowest BCUT2D eigenvalue weighted by Gasteiger charge is -2.25. The van der Waals surface area contributed by atoms with Crippen molar-refractivity contribution in [3.63, 3.8) is 0 Å². The molecule has 0 aliphatic carbocycles. The minimum atomic E-state index is 0.0419. The van der Waals surface area contributed by atoms with Crippen molar-refractivity contribution in [1.82, 2.24) is 9.97 Å². The fourth-order valence-electron chi connectivity index (χ4n) is 2.16. The Balaban J connectivity index is 2.84. The van der Waals surface area contributed by atoms with Crippen molar-refractivity contribution < 1.29 is 5.11 Å². The second kappa shape index (κ2) is 8.82. The molecule has 0 radical (unpaired) electrons. The molecule has 120 valence electrons. The van der Waals surface area contributed by atoms with Crippen LogP contribution in [0.3, 0.4) is 0 Å². The summed E-state index contributed by atoms with van der Waals surface area (Å²) in [6.45, 7) is 10.5. The van der Waals surface area contributed by atoms with Gasteiger partial charge in [0.05, 0.1) is 0 Å². The molecule has 0 aliphatic rings. The van der Waals surface area contributed by atoms with E-state index in [-0.39, 0.29) is 12.0 Å². The van der Waals surface area contributed by atoms with Gasteiger partial charge in [-0.3, -0.25) is 0 Å². The van der Waals surface area contributed by atoms with Gasteiger partial charge in [-0.2, -0.15) is 0 Å². The molecule has 0 atom stereocenters. The van der Waals surface area contributed by atoms with Crippen LogP contribution in [0.5, 0.6) is 0 Å². The maximum atomic E-state index is 9.12. The highest BCUT2D eigenvalue weighted by Crippen LogP contribution is 2.25. The van der Waals surface area contributed by atoms with Gasteiger partial charge in [-0.05, 0) is 24.7 Å². The SMILES string of the molecule is CCCNc1ncnc(NCC(C)(C)CCO)c1CCC. The van der Waals surface area contributed by atoms with Gasteiger partial charge in [0.2, 0.25) is 0 Å². The third kappa shape index (κ3) is 5.87. The Morgan fingerprint density at radius 3 is 2.33 bits per heavy atom. The number of hydrogen-bond donors (Lipinski definition) is 3. The summed E-state index contributed by atoms with van der Waals surface area (Å²) in [5.41, 5.74) is 1.20. The molecule has 3 N–H and O–H groups in total. The van der Waals surface area contributed by atoms with Gasteiger partial charge in [-0.1, -0.05) is 34.1 Å². The van der Waals surface area contributed by atoms with Crippen LogP contribution in [-0.2, 0) is 6.42 Å². The molecule has 1 rings (SSSR count). The van der Waals surface area contributed by atoms with Gasteiger partial charge >= 0.3 is 0 Å². The fraction of sp³-hybridized carbons (Fsp3) is 0.750. The Bertz CT molecular complexity index is 421. The van der Waals surface area contributed by atoms with Crippen LogP contribution in [0.1, 0.15) is 52.5 Å². The molecular formula is C16H30N4O. The summed E-state index contributed by atoms with van der Waals surface area (Å²) in [5.74, 6) is 1.85. The highest BCUT2D eigenvalue weighted by atomic mass is 16.3. The van der Waals surface area contributed by atoms with Crippen molar-refractivity contribution in [3.8, 4) is 0 Å². The largest absolute Gasteiger partial charge is 0.396 e. The van der Waals surface area contributed by atoms with E-state index in [4.69, 9.17) is 5.11 Å². The summed E-state index contributed by atoms with van der Waals surface area (Å²) in [7, 11) is 0. The first-order valence-corrected chi connectivity index (χ1v) is 7.96. The number of aliphatic hydroxyl groups is 1. The van der Waals surface area contributed by atoms with E-state index in [0.717, 1.165) is 56.0 Å². The van der Waals surface area contributed by atoms with Crippen molar-refractivity contribution in [2.45, 2.75) is 53.4 Å². The number of anilines is 2. The molecule has 0 aliphatic heterocycles. The maximum absolute atomic E-state index is 9.12. The molecule has 0 saturated heterocycles. The zero-order valence-corrected chi connectivity index (χ0v) is 13.9. The van der Waals surface area contributed by atoms with Crippen molar-refractivity contribution in [2.75, 3.05) is 30.3 Å². The summed E-state index contributed by atoms with van der Waals surface area (Å²) >= 11 is 0. The van der Waals surface area contributed by atoms with Crippen LogP contribution in [0.4, 0.5) is 11.6 Å². The van der Waals surface area contributed by atoms with E-state index in [1.165, 1.54) is 0 Å². The predicted molar refractivity (Wildman–Crippen MR) is 88.8 cm³/mol. The zero-order chi connectivity index (χ0) is 15.7. The van der Waals surface area contributed by atoms with E-state index in [2.05, 4.69) is 48.3 Å². The summed E-state index contributed by atoms with van der Waals surface area (Å²) in [4.78, 5) is 8.78. The van der Waals surface area contributed by atoms with E-state index in [0.29, 0.717) is 0 Å². The quantitative estimate of drug-likeness (QED) is 0.618. The van der Waals surface area contributed by atoms with Crippen LogP contribution in [0.25, 0.3) is 0 Å². The normalized spacial score (nSPS) is 11.5. The van der Waals surface area contributed by atoms with Crippen molar-refractivity contribution in [2.24, 2.45) is 5.41 Å². The molecule has 0 fully saturated rings. The molecule has 0 amide bonds. The molecule has 0 spiro atoms. The highest BCUT2D eigenvalue weighted by Gasteiger charge is 2.18. The number of hydrogen-bond acceptors (Lipinski definition) is 5. The second-order valence-corrected chi connectivity index (χ2v) is 6.22. The van der Waals surface area contributed by atoms with Gasteiger partial charge in [0.15, 0.2) is 0 Å². The molecular weight excluding hydrogens is 264 g/mol. The molecule has 5 heteroatoms. The number of aliphatic hydroxyl groups excluding tert-OH is 1. The number of aromatic nitrogens is 2. The van der Waals surface area contributed by atoms with Crippen molar-refractivity contribution in [1.29, 1.82) is 0 Å². The van der Waals surface area contributed by atoms with Gasteiger partial charge in [-0.15, -0.1) is 0 Å². The second-order valence-electron chi connectivity index (χ2n) is 6.22. The van der Waals surface area contributed by atoms with Gasteiger partial charge in [-0.25, -0.2) is 9.97 Å². The summed E-state index contributed by atoms with van der Waals surface area (Å²) in [6, 6.07) is 0. The van der Waals surface area contributed by atoms with Crippen molar-refractivity contribution >= 4 is 11.6 Å². The lowest BCUT2D eigenvalue weighted by molar-refractivity contribution is 0.220. The Kier molecular flexibility index (Phi) is 7.43. The molecule has 0 aromatic carbocycles. The predicted octanol–water partition coefficient (Wildman–Crippen LogP) is 3.07. The van der Waals surface area contributed by atoms with Crippen LogP contribution in [0.15, 0.2) is 6.33 Å². The Morgan fingerprint density at radius 1 is 1.10 bits per heavy atom. The zero-order valence-electron chi connectivity index (χ0n) is 13.9. The fourth-order valence-corrected chi connectivity index (χ4v) is 2.16. The topological polar surface area (TPSA) is 70.1 Å². The average Bonchev–Trinajstić information content (AvgIpc) is 2.45.